The van der Waals surface area contributed by atoms with Gasteiger partial charge in [0.2, 0.25) is 0 Å². The summed E-state index contributed by atoms with van der Waals surface area (Å²) in [6.45, 7) is 4.78. The number of amidine groups is 1. The summed E-state index contributed by atoms with van der Waals surface area (Å²) >= 11 is 13.6. The first-order chi connectivity index (χ1) is 11.9. The van der Waals surface area contributed by atoms with Crippen molar-refractivity contribution in [2.24, 2.45) is 4.99 Å². The van der Waals surface area contributed by atoms with E-state index in [-0.39, 0.29) is 6.03 Å². The molecule has 1 aliphatic heterocycles. The van der Waals surface area contributed by atoms with Gasteiger partial charge >= 0.3 is 6.03 Å². The molecule has 0 saturated heterocycles. The van der Waals surface area contributed by atoms with Gasteiger partial charge in [0.05, 0.1) is 22.3 Å². The molecule has 7 heteroatoms. The number of rotatable bonds is 2. The van der Waals surface area contributed by atoms with Crippen molar-refractivity contribution >= 4 is 57.5 Å². The van der Waals surface area contributed by atoms with E-state index < -0.39 is 0 Å². The second kappa shape index (κ2) is 7.68. The zero-order valence-electron chi connectivity index (χ0n) is 13.8. The normalized spacial score (nSPS) is 16.5. The number of nitrogens with one attached hydrogen (secondary N) is 1. The van der Waals surface area contributed by atoms with Crippen molar-refractivity contribution in [2.75, 3.05) is 16.8 Å². The maximum atomic E-state index is 13.0. The van der Waals surface area contributed by atoms with E-state index in [1.165, 1.54) is 0 Å². The Hall–Kier alpha value is -1.69. The molecule has 1 aliphatic rings. The fraction of sp³-hybridized carbons (Fsp3) is 0.222. The van der Waals surface area contributed by atoms with Gasteiger partial charge in [0, 0.05) is 10.9 Å². The Labute approximate surface area is 161 Å². The third kappa shape index (κ3) is 4.29. The molecule has 2 aromatic carbocycles. The number of urea groups is 1. The molecular weight excluding hydrogens is 377 g/mol. The number of carbonyl (C=O) groups excluding carboxylic acids is 1. The van der Waals surface area contributed by atoms with E-state index in [4.69, 9.17) is 23.2 Å². The van der Waals surface area contributed by atoms with E-state index in [1.807, 2.05) is 31.2 Å². The van der Waals surface area contributed by atoms with Gasteiger partial charge in [0.1, 0.15) is 0 Å². The van der Waals surface area contributed by atoms with Gasteiger partial charge in [-0.1, -0.05) is 54.0 Å². The highest BCUT2D eigenvalue weighted by Crippen LogP contribution is 2.29. The van der Waals surface area contributed by atoms with Gasteiger partial charge in [-0.3, -0.25) is 4.99 Å². The Morgan fingerprint density at radius 2 is 2.04 bits per heavy atom. The number of amides is 2. The number of thioether (sulfide) groups is 1. The average Bonchev–Trinajstić information content (AvgIpc) is 2.97. The molecule has 1 N–H and O–H groups in total. The van der Waals surface area contributed by atoms with E-state index in [9.17, 15) is 4.79 Å². The molecule has 0 aromatic heterocycles. The van der Waals surface area contributed by atoms with Crippen LogP contribution in [0.3, 0.4) is 0 Å². The smallest absolute Gasteiger partial charge is 0.307 e. The number of hydrogen-bond donors (Lipinski definition) is 1. The summed E-state index contributed by atoms with van der Waals surface area (Å²) in [6.07, 6.45) is 0. The fourth-order valence-electron chi connectivity index (χ4n) is 2.42. The fourth-order valence-corrected chi connectivity index (χ4v) is 3.67. The number of halogens is 2. The Bertz CT molecular complexity index is 841. The van der Waals surface area contributed by atoms with E-state index in [0.29, 0.717) is 32.7 Å². The summed E-state index contributed by atoms with van der Waals surface area (Å²) in [5, 5.41) is 4.74. The molecule has 3 rings (SSSR count). The topological polar surface area (TPSA) is 44.7 Å². The lowest BCUT2D eigenvalue weighted by Gasteiger charge is -2.23. The summed E-state index contributed by atoms with van der Waals surface area (Å²) in [5.41, 5.74) is 2.42. The number of aliphatic imine (C=N–C) groups is 1. The van der Waals surface area contributed by atoms with Gasteiger partial charge < -0.3 is 5.32 Å². The van der Waals surface area contributed by atoms with Crippen molar-refractivity contribution in [1.29, 1.82) is 0 Å². The van der Waals surface area contributed by atoms with Crippen LogP contribution in [0.4, 0.5) is 16.2 Å². The quantitative estimate of drug-likeness (QED) is 0.696. The lowest BCUT2D eigenvalue weighted by molar-refractivity contribution is 0.259. The van der Waals surface area contributed by atoms with Crippen LogP contribution in [0.5, 0.6) is 0 Å². The second-order valence-electron chi connectivity index (χ2n) is 5.79. The standard InChI is InChI=1S/C18H17Cl2N3OS/c1-11-4-3-5-14(8-11)23(18-21-10-12(2)25-18)17(24)22-13-6-7-15(19)16(20)9-13/h3-9,12H,10H2,1-2H3,(H,22,24). The second-order valence-corrected chi connectivity index (χ2v) is 8.01. The van der Waals surface area contributed by atoms with Crippen molar-refractivity contribution in [3.63, 3.8) is 0 Å². The van der Waals surface area contributed by atoms with Gasteiger partial charge in [-0.15, -0.1) is 0 Å². The molecule has 0 aliphatic carbocycles. The lowest BCUT2D eigenvalue weighted by Crippen LogP contribution is -2.38. The molecule has 0 bridgehead atoms. The highest BCUT2D eigenvalue weighted by molar-refractivity contribution is 8.15. The molecule has 0 fully saturated rings. The molecule has 0 saturated carbocycles. The molecule has 0 radical (unpaired) electrons. The van der Waals surface area contributed by atoms with E-state index in [0.717, 1.165) is 11.3 Å². The molecule has 130 valence electrons. The SMILES string of the molecule is Cc1cccc(N(C(=O)Nc2ccc(Cl)c(Cl)c2)C2=NCC(C)S2)c1. The predicted octanol–water partition coefficient (Wildman–Crippen LogP) is 5.83. The maximum Gasteiger partial charge on any atom is 0.332 e. The largest absolute Gasteiger partial charge is 0.332 e. The Morgan fingerprint density at radius 1 is 1.24 bits per heavy atom. The maximum absolute atomic E-state index is 13.0. The molecule has 1 atom stereocenters. The van der Waals surface area contributed by atoms with Crippen LogP contribution < -0.4 is 10.2 Å². The number of aryl methyl sites for hydroxylation is 1. The minimum absolute atomic E-state index is 0.288. The molecular formula is C18H17Cl2N3OS. The summed E-state index contributed by atoms with van der Waals surface area (Å²) in [5.74, 6) is 0. The Morgan fingerprint density at radius 3 is 2.68 bits per heavy atom. The van der Waals surface area contributed by atoms with E-state index in [1.54, 1.807) is 34.9 Å². The Kier molecular flexibility index (Phi) is 5.57. The monoisotopic (exact) mass is 393 g/mol. The number of benzene rings is 2. The molecule has 2 aromatic rings. The number of anilines is 2. The number of nitrogens with zero attached hydrogens (tertiary/aromatic N) is 2. The van der Waals surface area contributed by atoms with Crippen molar-refractivity contribution in [2.45, 2.75) is 19.1 Å². The van der Waals surface area contributed by atoms with Crippen molar-refractivity contribution in [1.82, 2.24) is 0 Å². The Balaban J connectivity index is 1.90. The average molecular weight is 394 g/mol. The predicted molar refractivity (Wildman–Crippen MR) is 108 cm³/mol. The first-order valence-corrected chi connectivity index (χ1v) is 9.41. The third-order valence-corrected chi connectivity index (χ3v) is 5.43. The van der Waals surface area contributed by atoms with Crippen LogP contribution in [0.1, 0.15) is 12.5 Å². The van der Waals surface area contributed by atoms with Gasteiger partial charge in [-0.2, -0.15) is 0 Å². The van der Waals surface area contributed by atoms with Crippen molar-refractivity contribution < 1.29 is 4.79 Å². The first-order valence-electron chi connectivity index (χ1n) is 7.78. The van der Waals surface area contributed by atoms with Gasteiger partial charge in [0.25, 0.3) is 0 Å². The van der Waals surface area contributed by atoms with E-state index >= 15 is 0 Å². The molecule has 2 amide bonds. The number of hydrogen-bond acceptors (Lipinski definition) is 3. The zero-order valence-corrected chi connectivity index (χ0v) is 16.1. The first kappa shape index (κ1) is 18.1. The highest BCUT2D eigenvalue weighted by Gasteiger charge is 2.27. The number of carbonyl (C=O) groups is 1. The van der Waals surface area contributed by atoms with Gasteiger partial charge in [-0.05, 0) is 42.8 Å². The van der Waals surface area contributed by atoms with E-state index in [2.05, 4.69) is 17.2 Å². The van der Waals surface area contributed by atoms with Crippen LogP contribution in [-0.2, 0) is 0 Å². The summed E-state index contributed by atoms with van der Waals surface area (Å²) in [7, 11) is 0. The molecule has 1 unspecified atom stereocenters. The summed E-state index contributed by atoms with van der Waals surface area (Å²) in [6, 6.07) is 12.5. The van der Waals surface area contributed by atoms with Crippen LogP contribution in [0.25, 0.3) is 0 Å². The molecule has 25 heavy (non-hydrogen) atoms. The molecule has 1 heterocycles. The lowest BCUT2D eigenvalue weighted by atomic mass is 10.2. The van der Waals surface area contributed by atoms with Gasteiger partial charge in [-0.25, -0.2) is 9.69 Å². The van der Waals surface area contributed by atoms with Crippen LogP contribution in [0, 0.1) is 6.92 Å². The summed E-state index contributed by atoms with van der Waals surface area (Å²) in [4.78, 5) is 19.1. The minimum atomic E-state index is -0.288. The van der Waals surface area contributed by atoms with Gasteiger partial charge in [0.15, 0.2) is 5.17 Å². The molecule has 0 spiro atoms. The van der Waals surface area contributed by atoms with Crippen molar-refractivity contribution in [3.05, 3.63) is 58.1 Å². The minimum Gasteiger partial charge on any atom is -0.307 e. The van der Waals surface area contributed by atoms with Crippen LogP contribution in [-0.4, -0.2) is 23.0 Å². The highest BCUT2D eigenvalue weighted by atomic mass is 35.5. The third-order valence-electron chi connectivity index (χ3n) is 3.62. The van der Waals surface area contributed by atoms with Crippen LogP contribution in [0.2, 0.25) is 10.0 Å². The van der Waals surface area contributed by atoms with Crippen molar-refractivity contribution in [3.8, 4) is 0 Å². The zero-order chi connectivity index (χ0) is 18.0. The van der Waals surface area contributed by atoms with Crippen LogP contribution >= 0.6 is 35.0 Å². The molecule has 4 nitrogen and oxygen atoms in total. The summed E-state index contributed by atoms with van der Waals surface area (Å²) < 4.78 is 0. The van der Waals surface area contributed by atoms with Crippen LogP contribution in [0.15, 0.2) is 47.5 Å².